The minimum Gasteiger partial charge on any atom is -0.357 e. The highest BCUT2D eigenvalue weighted by atomic mass is 15.1. The minimum atomic E-state index is 0.420. The molecule has 0 bridgehead atoms. The van der Waals surface area contributed by atoms with Gasteiger partial charge in [-0.05, 0) is 26.2 Å². The number of allylic oxidation sites excluding steroid dienone is 1. The normalized spacial score (nSPS) is 16.8. The van der Waals surface area contributed by atoms with E-state index in [9.17, 15) is 0 Å². The van der Waals surface area contributed by atoms with Crippen molar-refractivity contribution in [2.45, 2.75) is 39.2 Å². The first-order valence-electron chi connectivity index (χ1n) is 6.13. The van der Waals surface area contributed by atoms with Crippen LogP contribution >= 0.6 is 0 Å². The Morgan fingerprint density at radius 2 is 2.24 bits per heavy atom. The summed E-state index contributed by atoms with van der Waals surface area (Å²) in [6.07, 6.45) is 6.75. The van der Waals surface area contributed by atoms with E-state index < -0.39 is 0 Å². The molecule has 3 N–H and O–H groups in total. The van der Waals surface area contributed by atoms with Gasteiger partial charge in [0.15, 0.2) is 0 Å². The zero-order valence-corrected chi connectivity index (χ0v) is 10.7. The molecule has 17 heavy (non-hydrogen) atoms. The van der Waals surface area contributed by atoms with Crippen molar-refractivity contribution in [1.82, 2.24) is 10.6 Å². The first kappa shape index (κ1) is 13.6. The molecule has 1 rings (SSSR count). The number of rotatable bonds is 7. The highest BCUT2D eigenvalue weighted by Crippen LogP contribution is 2.17. The second-order valence-corrected chi connectivity index (χ2v) is 4.02. The lowest BCUT2D eigenvalue weighted by Crippen LogP contribution is -2.36. The summed E-state index contributed by atoms with van der Waals surface area (Å²) in [5.74, 6) is 0.420. The SMILES string of the molecule is C=C/N=C(CC)\C(=C/C)C(=N)NCNC1CC1. The number of hydrogen-bond acceptors (Lipinski definition) is 3. The zero-order valence-electron chi connectivity index (χ0n) is 10.7. The topological polar surface area (TPSA) is 60.3 Å². The molecule has 0 aliphatic heterocycles. The number of hydrogen-bond donors (Lipinski definition) is 3. The second-order valence-electron chi connectivity index (χ2n) is 4.02. The summed E-state index contributed by atoms with van der Waals surface area (Å²) in [5.41, 5.74) is 1.75. The van der Waals surface area contributed by atoms with Crippen molar-refractivity contribution in [2.75, 3.05) is 6.67 Å². The Bertz CT molecular complexity index is 337. The van der Waals surface area contributed by atoms with Crippen LogP contribution in [0.3, 0.4) is 0 Å². The van der Waals surface area contributed by atoms with Crippen molar-refractivity contribution in [3.63, 3.8) is 0 Å². The Hall–Kier alpha value is -1.42. The fourth-order valence-electron chi connectivity index (χ4n) is 1.58. The predicted molar refractivity (Wildman–Crippen MR) is 73.6 cm³/mol. The lowest BCUT2D eigenvalue weighted by Gasteiger charge is -2.13. The summed E-state index contributed by atoms with van der Waals surface area (Å²) in [4.78, 5) is 4.20. The van der Waals surface area contributed by atoms with Crippen LogP contribution in [-0.2, 0) is 0 Å². The summed E-state index contributed by atoms with van der Waals surface area (Å²) in [5, 5.41) is 14.4. The molecule has 1 fully saturated rings. The minimum absolute atomic E-state index is 0.420. The van der Waals surface area contributed by atoms with Gasteiger partial charge in [-0.25, -0.2) is 0 Å². The smallest absolute Gasteiger partial charge is 0.127 e. The van der Waals surface area contributed by atoms with Crippen molar-refractivity contribution in [3.8, 4) is 0 Å². The molecule has 1 aliphatic carbocycles. The van der Waals surface area contributed by atoms with E-state index in [1.54, 1.807) is 0 Å². The second kappa shape index (κ2) is 7.01. The average Bonchev–Trinajstić information content (AvgIpc) is 3.13. The zero-order chi connectivity index (χ0) is 12.7. The van der Waals surface area contributed by atoms with E-state index in [0.29, 0.717) is 18.5 Å². The number of amidine groups is 1. The van der Waals surface area contributed by atoms with Crippen LogP contribution in [-0.4, -0.2) is 24.3 Å². The maximum atomic E-state index is 7.99. The molecule has 1 aliphatic rings. The van der Waals surface area contributed by atoms with Gasteiger partial charge in [0.25, 0.3) is 0 Å². The van der Waals surface area contributed by atoms with Gasteiger partial charge in [0, 0.05) is 17.8 Å². The van der Waals surface area contributed by atoms with Crippen LogP contribution in [0.2, 0.25) is 0 Å². The van der Waals surface area contributed by atoms with Gasteiger partial charge >= 0.3 is 0 Å². The fourth-order valence-corrected chi connectivity index (χ4v) is 1.58. The predicted octanol–water partition coefficient (Wildman–Crippen LogP) is 2.20. The molecule has 0 atom stereocenters. The van der Waals surface area contributed by atoms with Crippen molar-refractivity contribution in [2.24, 2.45) is 4.99 Å². The Kier molecular flexibility index (Phi) is 5.63. The van der Waals surface area contributed by atoms with E-state index in [1.807, 2.05) is 19.9 Å². The Balaban J connectivity index is 2.49. The van der Waals surface area contributed by atoms with Crippen molar-refractivity contribution < 1.29 is 0 Å². The van der Waals surface area contributed by atoms with Gasteiger partial charge in [-0.15, -0.1) is 0 Å². The maximum absolute atomic E-state index is 7.99. The molecular weight excluding hydrogens is 212 g/mol. The molecule has 94 valence electrons. The maximum Gasteiger partial charge on any atom is 0.127 e. The van der Waals surface area contributed by atoms with E-state index in [0.717, 1.165) is 17.7 Å². The quantitative estimate of drug-likeness (QED) is 0.359. The highest BCUT2D eigenvalue weighted by Gasteiger charge is 2.20. The first-order chi connectivity index (χ1) is 8.22. The third kappa shape index (κ3) is 4.53. The van der Waals surface area contributed by atoms with E-state index in [4.69, 9.17) is 5.41 Å². The number of nitrogens with zero attached hydrogens (tertiary/aromatic N) is 1. The van der Waals surface area contributed by atoms with Gasteiger partial charge in [0.2, 0.25) is 0 Å². The fraction of sp³-hybridized carbons (Fsp3) is 0.538. The van der Waals surface area contributed by atoms with Crippen LogP contribution in [0.1, 0.15) is 33.1 Å². The summed E-state index contributed by atoms with van der Waals surface area (Å²) in [6.45, 7) is 8.20. The van der Waals surface area contributed by atoms with Crippen LogP contribution in [0.15, 0.2) is 29.4 Å². The van der Waals surface area contributed by atoms with Gasteiger partial charge in [-0.1, -0.05) is 19.6 Å². The van der Waals surface area contributed by atoms with E-state index >= 15 is 0 Å². The van der Waals surface area contributed by atoms with E-state index in [1.165, 1.54) is 19.0 Å². The largest absolute Gasteiger partial charge is 0.357 e. The van der Waals surface area contributed by atoms with Gasteiger partial charge < -0.3 is 5.32 Å². The molecule has 0 unspecified atom stereocenters. The molecule has 0 heterocycles. The van der Waals surface area contributed by atoms with Gasteiger partial charge in [-0.2, -0.15) is 0 Å². The standard InChI is InChI=1S/C13H22N4/c1-4-11(12(5-2)15-6-3)13(14)17-9-16-10-7-8-10/h4,6,10,16H,3,5,7-9H2,1-2H3,(H2,14,17)/b11-4+,15-12-. The summed E-state index contributed by atoms with van der Waals surface area (Å²) in [6, 6.07) is 0.650. The van der Waals surface area contributed by atoms with Gasteiger partial charge in [0.05, 0.1) is 12.4 Å². The van der Waals surface area contributed by atoms with Crippen molar-refractivity contribution in [1.29, 1.82) is 5.41 Å². The third-order valence-electron chi connectivity index (χ3n) is 2.68. The summed E-state index contributed by atoms with van der Waals surface area (Å²) in [7, 11) is 0. The third-order valence-corrected chi connectivity index (χ3v) is 2.68. The lowest BCUT2D eigenvalue weighted by molar-refractivity contribution is 0.660. The van der Waals surface area contributed by atoms with Crippen molar-refractivity contribution in [3.05, 3.63) is 24.4 Å². The summed E-state index contributed by atoms with van der Waals surface area (Å²) >= 11 is 0. The molecular formula is C13H22N4. The van der Waals surface area contributed by atoms with Crippen molar-refractivity contribution >= 4 is 11.5 Å². The Labute approximate surface area is 103 Å². The number of aliphatic imine (C=N–C) groups is 1. The highest BCUT2D eigenvalue weighted by molar-refractivity contribution is 6.22. The van der Waals surface area contributed by atoms with Crippen LogP contribution in [0.4, 0.5) is 0 Å². The first-order valence-corrected chi connectivity index (χ1v) is 6.13. The van der Waals surface area contributed by atoms with Crippen LogP contribution < -0.4 is 10.6 Å². The molecule has 0 saturated heterocycles. The van der Waals surface area contributed by atoms with Gasteiger partial charge in [-0.3, -0.25) is 15.7 Å². The summed E-state index contributed by atoms with van der Waals surface area (Å²) < 4.78 is 0. The lowest BCUT2D eigenvalue weighted by atomic mass is 10.1. The van der Waals surface area contributed by atoms with E-state index in [2.05, 4.69) is 22.2 Å². The molecule has 0 amide bonds. The molecule has 1 saturated carbocycles. The van der Waals surface area contributed by atoms with Crippen LogP contribution in [0, 0.1) is 5.41 Å². The molecule has 0 aromatic carbocycles. The van der Waals surface area contributed by atoms with E-state index in [-0.39, 0.29) is 0 Å². The molecule has 4 nitrogen and oxygen atoms in total. The molecule has 0 spiro atoms. The van der Waals surface area contributed by atoms with Gasteiger partial charge in [0.1, 0.15) is 5.84 Å². The van der Waals surface area contributed by atoms with Crippen LogP contribution in [0.5, 0.6) is 0 Å². The Morgan fingerprint density at radius 3 is 2.71 bits per heavy atom. The molecule has 0 aromatic rings. The number of nitrogens with one attached hydrogen (secondary N) is 3. The van der Waals surface area contributed by atoms with Crippen LogP contribution in [0.25, 0.3) is 0 Å². The monoisotopic (exact) mass is 234 g/mol. The molecule has 4 heteroatoms. The average molecular weight is 234 g/mol. The molecule has 0 aromatic heterocycles. The molecule has 0 radical (unpaired) electrons. The Morgan fingerprint density at radius 1 is 1.53 bits per heavy atom.